The van der Waals surface area contributed by atoms with Crippen molar-refractivity contribution in [3.05, 3.63) is 55.9 Å². The quantitative estimate of drug-likeness (QED) is 0.735. The highest BCUT2D eigenvalue weighted by Gasteiger charge is 2.16. The van der Waals surface area contributed by atoms with Gasteiger partial charge in [-0.05, 0) is 59.3 Å². The van der Waals surface area contributed by atoms with Crippen LogP contribution in [0.3, 0.4) is 0 Å². The van der Waals surface area contributed by atoms with Gasteiger partial charge in [-0.3, -0.25) is 4.79 Å². The summed E-state index contributed by atoms with van der Waals surface area (Å²) in [4.78, 5) is 12.3. The summed E-state index contributed by atoms with van der Waals surface area (Å²) in [6, 6.07) is 7.75. The Bertz CT molecular complexity index is 706. The number of rotatable bonds is 3. The highest BCUT2D eigenvalue weighted by atomic mass is 127. The van der Waals surface area contributed by atoms with Gasteiger partial charge in [0.05, 0.1) is 23.4 Å². The van der Waals surface area contributed by atoms with Crippen LogP contribution in [0.5, 0.6) is 5.75 Å². The Balaban J connectivity index is 2.34. The lowest BCUT2D eigenvalue weighted by atomic mass is 10.1. The second-order valence-electron chi connectivity index (χ2n) is 4.40. The van der Waals surface area contributed by atoms with Crippen LogP contribution < -0.4 is 10.1 Å². The lowest BCUT2D eigenvalue weighted by Gasteiger charge is -2.11. The highest BCUT2D eigenvalue weighted by molar-refractivity contribution is 14.1. The maximum Gasteiger partial charge on any atom is 0.259 e. The van der Waals surface area contributed by atoms with Gasteiger partial charge in [0.15, 0.2) is 0 Å². The minimum absolute atomic E-state index is 0.113. The van der Waals surface area contributed by atoms with Gasteiger partial charge in [0.2, 0.25) is 0 Å². The molecule has 6 heteroatoms. The minimum atomic E-state index is -0.487. The first-order valence-corrected chi connectivity index (χ1v) is 7.48. The Morgan fingerprint density at radius 3 is 2.67 bits per heavy atom. The molecule has 0 atom stereocenters. The second kappa shape index (κ2) is 6.62. The number of hydrogen-bond acceptors (Lipinski definition) is 2. The molecule has 2 rings (SSSR count). The van der Waals surface area contributed by atoms with Crippen molar-refractivity contribution >= 4 is 45.8 Å². The molecule has 2 aromatic rings. The maximum absolute atomic E-state index is 13.8. The van der Waals surface area contributed by atoms with E-state index < -0.39 is 11.7 Å². The maximum atomic E-state index is 13.8. The molecule has 2 aromatic carbocycles. The van der Waals surface area contributed by atoms with Crippen LogP contribution in [0.15, 0.2) is 30.3 Å². The number of ether oxygens (including phenoxy) is 1. The molecular formula is C15H12ClFINO2. The van der Waals surface area contributed by atoms with E-state index in [-0.39, 0.29) is 11.3 Å². The van der Waals surface area contributed by atoms with Gasteiger partial charge in [-0.1, -0.05) is 17.7 Å². The molecule has 0 aromatic heterocycles. The molecule has 0 heterocycles. The van der Waals surface area contributed by atoms with Gasteiger partial charge in [0.1, 0.15) is 11.6 Å². The highest BCUT2D eigenvalue weighted by Crippen LogP contribution is 2.29. The molecule has 0 aliphatic heterocycles. The van der Waals surface area contributed by atoms with E-state index in [0.29, 0.717) is 10.8 Å². The van der Waals surface area contributed by atoms with Crippen molar-refractivity contribution in [2.24, 2.45) is 0 Å². The molecule has 0 saturated heterocycles. The third-order valence-electron chi connectivity index (χ3n) is 2.86. The Hall–Kier alpha value is -1.34. The van der Waals surface area contributed by atoms with Crippen LogP contribution in [-0.4, -0.2) is 13.0 Å². The fourth-order valence-corrected chi connectivity index (χ4v) is 2.39. The summed E-state index contributed by atoms with van der Waals surface area (Å²) in [6.45, 7) is 1.77. The van der Waals surface area contributed by atoms with Crippen molar-refractivity contribution in [1.82, 2.24) is 0 Å². The van der Waals surface area contributed by atoms with E-state index >= 15 is 0 Å². The summed E-state index contributed by atoms with van der Waals surface area (Å²) in [5.74, 6) is -0.583. The minimum Gasteiger partial charge on any atom is -0.496 e. The molecule has 0 fully saturated rings. The molecule has 0 saturated carbocycles. The fraction of sp³-hybridized carbons (Fsp3) is 0.133. The normalized spacial score (nSPS) is 10.3. The van der Waals surface area contributed by atoms with Gasteiger partial charge in [-0.15, -0.1) is 0 Å². The van der Waals surface area contributed by atoms with Crippen LogP contribution in [0, 0.1) is 16.3 Å². The predicted octanol–water partition coefficient (Wildman–Crippen LogP) is 4.65. The molecule has 110 valence electrons. The summed E-state index contributed by atoms with van der Waals surface area (Å²) in [5, 5.41) is 2.96. The lowest BCUT2D eigenvalue weighted by Crippen LogP contribution is -2.14. The third-order valence-corrected chi connectivity index (χ3v) is 4.38. The molecular weight excluding hydrogens is 408 g/mol. The lowest BCUT2D eigenvalue weighted by molar-refractivity contribution is 0.102. The van der Waals surface area contributed by atoms with Crippen molar-refractivity contribution < 1.29 is 13.9 Å². The predicted molar refractivity (Wildman–Crippen MR) is 89.8 cm³/mol. The van der Waals surface area contributed by atoms with Gasteiger partial charge < -0.3 is 10.1 Å². The summed E-state index contributed by atoms with van der Waals surface area (Å²) < 4.78 is 19.7. The molecule has 1 N–H and O–H groups in total. The SMILES string of the molecule is COc1cc(I)c(Cl)cc1C(=O)Nc1ccc(C)cc1F. The molecule has 0 aliphatic carbocycles. The second-order valence-corrected chi connectivity index (χ2v) is 5.97. The van der Waals surface area contributed by atoms with E-state index in [1.807, 2.05) is 22.6 Å². The number of aryl methyl sites for hydroxylation is 1. The van der Waals surface area contributed by atoms with Gasteiger partial charge in [-0.2, -0.15) is 0 Å². The van der Waals surface area contributed by atoms with Gasteiger partial charge in [0, 0.05) is 3.57 Å². The van der Waals surface area contributed by atoms with Crippen molar-refractivity contribution in [1.29, 1.82) is 0 Å². The van der Waals surface area contributed by atoms with Crippen LogP contribution in [0.25, 0.3) is 0 Å². The van der Waals surface area contributed by atoms with Crippen molar-refractivity contribution in [3.8, 4) is 5.75 Å². The number of benzene rings is 2. The first kappa shape index (κ1) is 16.0. The monoisotopic (exact) mass is 419 g/mol. The largest absolute Gasteiger partial charge is 0.496 e. The average molecular weight is 420 g/mol. The molecule has 0 radical (unpaired) electrons. The summed E-state index contributed by atoms with van der Waals surface area (Å²) in [6.07, 6.45) is 0. The smallest absolute Gasteiger partial charge is 0.259 e. The average Bonchev–Trinajstić information content (AvgIpc) is 2.44. The van der Waals surface area contributed by atoms with E-state index in [2.05, 4.69) is 5.32 Å². The molecule has 0 unspecified atom stereocenters. The number of anilines is 1. The fourth-order valence-electron chi connectivity index (χ4n) is 1.79. The van der Waals surface area contributed by atoms with Crippen LogP contribution >= 0.6 is 34.2 Å². The Kier molecular flexibility index (Phi) is 5.05. The standard InChI is InChI=1S/C15H12ClFINO2/c1-8-3-4-13(11(17)5-8)19-15(20)9-6-10(16)12(18)7-14(9)21-2/h3-7H,1-2H3,(H,19,20). The van der Waals surface area contributed by atoms with E-state index in [9.17, 15) is 9.18 Å². The van der Waals surface area contributed by atoms with Crippen LogP contribution in [0.4, 0.5) is 10.1 Å². The number of carbonyl (C=O) groups is 1. The van der Waals surface area contributed by atoms with Crippen LogP contribution in [0.2, 0.25) is 5.02 Å². The van der Waals surface area contributed by atoms with E-state index in [1.54, 1.807) is 19.1 Å². The number of carbonyl (C=O) groups excluding carboxylic acids is 1. The third kappa shape index (κ3) is 3.65. The molecule has 0 bridgehead atoms. The molecule has 3 nitrogen and oxygen atoms in total. The van der Waals surface area contributed by atoms with Gasteiger partial charge in [0.25, 0.3) is 5.91 Å². The topological polar surface area (TPSA) is 38.3 Å². The molecule has 0 aliphatic rings. The zero-order valence-corrected chi connectivity index (χ0v) is 14.3. The number of amides is 1. The van der Waals surface area contributed by atoms with E-state index in [4.69, 9.17) is 16.3 Å². The van der Waals surface area contributed by atoms with Crippen LogP contribution in [-0.2, 0) is 0 Å². The van der Waals surface area contributed by atoms with E-state index in [1.165, 1.54) is 25.3 Å². The molecule has 1 amide bonds. The number of hydrogen-bond donors (Lipinski definition) is 1. The molecule has 21 heavy (non-hydrogen) atoms. The summed E-state index contributed by atoms with van der Waals surface area (Å²) in [7, 11) is 1.46. The summed E-state index contributed by atoms with van der Waals surface area (Å²) >= 11 is 8.07. The number of halogens is 3. The van der Waals surface area contributed by atoms with Gasteiger partial charge in [-0.25, -0.2) is 4.39 Å². The van der Waals surface area contributed by atoms with Gasteiger partial charge >= 0.3 is 0 Å². The van der Waals surface area contributed by atoms with Crippen LogP contribution in [0.1, 0.15) is 15.9 Å². The Morgan fingerprint density at radius 2 is 2.05 bits per heavy atom. The first-order valence-electron chi connectivity index (χ1n) is 6.03. The van der Waals surface area contributed by atoms with Crippen molar-refractivity contribution in [3.63, 3.8) is 0 Å². The van der Waals surface area contributed by atoms with Crippen molar-refractivity contribution in [2.75, 3.05) is 12.4 Å². The van der Waals surface area contributed by atoms with Crippen molar-refractivity contribution in [2.45, 2.75) is 6.92 Å². The number of nitrogens with one attached hydrogen (secondary N) is 1. The van der Waals surface area contributed by atoms with E-state index in [0.717, 1.165) is 9.13 Å². The number of methoxy groups -OCH3 is 1. The summed E-state index contributed by atoms with van der Waals surface area (Å²) in [5.41, 5.74) is 1.14. The first-order chi connectivity index (χ1) is 9.92. The Morgan fingerprint density at radius 1 is 1.33 bits per heavy atom. The zero-order valence-electron chi connectivity index (χ0n) is 11.3. The Labute approximate surface area is 140 Å². The zero-order chi connectivity index (χ0) is 15.6. The molecule has 0 spiro atoms.